The molecule has 0 amide bonds. The monoisotopic (exact) mass is 227 g/mol. The minimum absolute atomic E-state index is 0.160. The third-order valence-corrected chi connectivity index (χ3v) is 3.10. The van der Waals surface area contributed by atoms with Gasteiger partial charge in [0.2, 0.25) is 0 Å². The van der Waals surface area contributed by atoms with Crippen molar-refractivity contribution in [3.05, 3.63) is 35.6 Å². The first kappa shape index (κ1) is 10.9. The predicted octanol–water partition coefficient (Wildman–Crippen LogP) is 3.03. The van der Waals surface area contributed by atoms with E-state index in [1.807, 2.05) is 6.07 Å². The molecule has 1 aromatic carbocycles. The van der Waals surface area contributed by atoms with Crippen LogP contribution in [-0.4, -0.2) is 23.4 Å². The van der Waals surface area contributed by atoms with Crippen molar-refractivity contribution in [1.82, 2.24) is 4.90 Å². The van der Waals surface area contributed by atoms with Gasteiger partial charge in [-0.1, -0.05) is 12.1 Å². The minimum atomic E-state index is -0.160. The van der Waals surface area contributed by atoms with Gasteiger partial charge in [0, 0.05) is 18.5 Å². The largest absolute Gasteiger partial charge is 0.298 e. The molecule has 3 heteroatoms. The Labute approximate surface area is 94.8 Å². The van der Waals surface area contributed by atoms with Crippen molar-refractivity contribution in [2.45, 2.75) is 24.8 Å². The van der Waals surface area contributed by atoms with Crippen molar-refractivity contribution >= 4 is 11.6 Å². The molecule has 0 saturated carbocycles. The average molecular weight is 228 g/mol. The van der Waals surface area contributed by atoms with Crippen LogP contribution in [0.25, 0.3) is 0 Å². The number of piperidine rings is 1. The summed E-state index contributed by atoms with van der Waals surface area (Å²) in [5.74, 6) is -0.160. The molecule has 1 nitrogen and oxygen atoms in total. The van der Waals surface area contributed by atoms with Gasteiger partial charge in [0.1, 0.15) is 5.82 Å². The smallest absolute Gasteiger partial charge is 0.123 e. The molecule has 1 aliphatic heterocycles. The molecular formula is C12H15ClFN. The minimum Gasteiger partial charge on any atom is -0.298 e. The zero-order valence-electron chi connectivity index (χ0n) is 8.63. The van der Waals surface area contributed by atoms with Crippen molar-refractivity contribution in [3.8, 4) is 0 Å². The highest BCUT2D eigenvalue weighted by atomic mass is 35.5. The van der Waals surface area contributed by atoms with Crippen LogP contribution in [0.5, 0.6) is 0 Å². The second kappa shape index (κ2) is 4.95. The van der Waals surface area contributed by atoms with Crippen molar-refractivity contribution in [2.75, 3.05) is 13.1 Å². The SMILES string of the molecule is Fc1cccc(CN2CCCC(Cl)C2)c1. The molecule has 0 spiro atoms. The van der Waals surface area contributed by atoms with Crippen LogP contribution in [0.3, 0.4) is 0 Å². The van der Waals surface area contributed by atoms with Crippen molar-refractivity contribution in [1.29, 1.82) is 0 Å². The molecule has 1 heterocycles. The molecular weight excluding hydrogens is 213 g/mol. The van der Waals surface area contributed by atoms with Crippen LogP contribution in [0.1, 0.15) is 18.4 Å². The van der Waals surface area contributed by atoms with Crippen molar-refractivity contribution in [3.63, 3.8) is 0 Å². The second-order valence-corrected chi connectivity index (χ2v) is 4.72. The Morgan fingerprint density at radius 3 is 3.07 bits per heavy atom. The number of halogens is 2. The van der Waals surface area contributed by atoms with Crippen LogP contribution in [-0.2, 0) is 6.54 Å². The molecule has 1 atom stereocenters. The summed E-state index contributed by atoms with van der Waals surface area (Å²) in [4.78, 5) is 2.29. The summed E-state index contributed by atoms with van der Waals surface area (Å²) in [5, 5.41) is 0.257. The standard InChI is InChI=1S/C12H15ClFN/c13-11-4-2-6-15(9-11)8-10-3-1-5-12(14)7-10/h1,3,5,7,11H,2,4,6,8-9H2. The highest BCUT2D eigenvalue weighted by Crippen LogP contribution is 2.17. The van der Waals surface area contributed by atoms with Gasteiger partial charge >= 0.3 is 0 Å². The maximum absolute atomic E-state index is 13.0. The number of nitrogens with zero attached hydrogens (tertiary/aromatic N) is 1. The molecule has 0 radical (unpaired) electrons. The lowest BCUT2D eigenvalue weighted by atomic mass is 10.1. The van der Waals surface area contributed by atoms with Gasteiger partial charge in [-0.2, -0.15) is 0 Å². The second-order valence-electron chi connectivity index (χ2n) is 4.10. The van der Waals surface area contributed by atoms with Gasteiger partial charge in [0.25, 0.3) is 0 Å². The lowest BCUT2D eigenvalue weighted by molar-refractivity contribution is 0.224. The Morgan fingerprint density at radius 2 is 2.33 bits per heavy atom. The van der Waals surface area contributed by atoms with Crippen LogP contribution in [0.2, 0.25) is 0 Å². The molecule has 0 aromatic heterocycles. The average Bonchev–Trinajstić information content (AvgIpc) is 2.17. The molecule has 0 N–H and O–H groups in total. The number of rotatable bonds is 2. The molecule has 2 rings (SSSR count). The Morgan fingerprint density at radius 1 is 1.47 bits per heavy atom. The van der Waals surface area contributed by atoms with Crippen molar-refractivity contribution < 1.29 is 4.39 Å². The van der Waals surface area contributed by atoms with Gasteiger partial charge in [0.05, 0.1) is 0 Å². The number of hydrogen-bond acceptors (Lipinski definition) is 1. The fraction of sp³-hybridized carbons (Fsp3) is 0.500. The van der Waals surface area contributed by atoms with E-state index in [9.17, 15) is 4.39 Å². The van der Waals surface area contributed by atoms with E-state index in [0.717, 1.165) is 38.0 Å². The van der Waals surface area contributed by atoms with E-state index in [1.165, 1.54) is 6.07 Å². The lowest BCUT2D eigenvalue weighted by Crippen LogP contribution is -2.35. The van der Waals surface area contributed by atoms with Crippen LogP contribution < -0.4 is 0 Å². The molecule has 82 valence electrons. The predicted molar refractivity (Wildman–Crippen MR) is 60.6 cm³/mol. The quantitative estimate of drug-likeness (QED) is 0.702. The molecule has 0 aliphatic carbocycles. The summed E-state index contributed by atoms with van der Waals surface area (Å²) in [7, 11) is 0. The Bertz CT molecular complexity index is 329. The molecule has 1 aliphatic rings. The van der Waals surface area contributed by atoms with Gasteiger partial charge in [-0.25, -0.2) is 4.39 Å². The van der Waals surface area contributed by atoms with E-state index in [0.29, 0.717) is 0 Å². The summed E-state index contributed by atoms with van der Waals surface area (Å²) in [6.45, 7) is 2.79. The number of hydrogen-bond donors (Lipinski definition) is 0. The van der Waals surface area contributed by atoms with E-state index in [1.54, 1.807) is 12.1 Å². The summed E-state index contributed by atoms with van der Waals surface area (Å²) in [6.07, 6.45) is 2.24. The molecule has 0 bridgehead atoms. The number of alkyl halides is 1. The van der Waals surface area contributed by atoms with Gasteiger partial charge in [-0.3, -0.25) is 4.90 Å². The van der Waals surface area contributed by atoms with Gasteiger partial charge in [-0.15, -0.1) is 11.6 Å². The first-order valence-corrected chi connectivity index (χ1v) is 5.78. The van der Waals surface area contributed by atoms with Crippen LogP contribution in [0, 0.1) is 5.82 Å². The summed E-state index contributed by atoms with van der Waals surface area (Å²) in [5.41, 5.74) is 1.03. The fourth-order valence-corrected chi connectivity index (χ4v) is 2.39. The Hall–Kier alpha value is -0.600. The third kappa shape index (κ3) is 3.18. The van der Waals surface area contributed by atoms with E-state index >= 15 is 0 Å². The molecule has 1 aromatic rings. The molecule has 1 unspecified atom stereocenters. The Kier molecular flexibility index (Phi) is 3.60. The van der Waals surface area contributed by atoms with E-state index in [-0.39, 0.29) is 11.2 Å². The summed E-state index contributed by atoms with van der Waals surface area (Å²) >= 11 is 6.09. The molecule has 1 fully saturated rings. The normalized spacial score (nSPS) is 22.9. The first-order valence-electron chi connectivity index (χ1n) is 5.35. The van der Waals surface area contributed by atoms with Crippen LogP contribution in [0.4, 0.5) is 4.39 Å². The van der Waals surface area contributed by atoms with Gasteiger partial charge in [-0.05, 0) is 37.1 Å². The zero-order chi connectivity index (χ0) is 10.7. The zero-order valence-corrected chi connectivity index (χ0v) is 9.38. The lowest BCUT2D eigenvalue weighted by Gasteiger charge is -2.29. The van der Waals surface area contributed by atoms with Crippen LogP contribution >= 0.6 is 11.6 Å². The fourth-order valence-electron chi connectivity index (χ4n) is 2.04. The molecule has 15 heavy (non-hydrogen) atoms. The van der Waals surface area contributed by atoms with E-state index in [4.69, 9.17) is 11.6 Å². The van der Waals surface area contributed by atoms with E-state index in [2.05, 4.69) is 4.90 Å². The number of likely N-dealkylation sites (tertiary alicyclic amines) is 1. The molecule has 1 saturated heterocycles. The highest BCUT2D eigenvalue weighted by molar-refractivity contribution is 6.20. The summed E-state index contributed by atoms with van der Waals surface area (Å²) < 4.78 is 13.0. The maximum atomic E-state index is 13.0. The maximum Gasteiger partial charge on any atom is 0.123 e. The van der Waals surface area contributed by atoms with Gasteiger partial charge < -0.3 is 0 Å². The first-order chi connectivity index (χ1) is 7.24. The number of benzene rings is 1. The third-order valence-electron chi connectivity index (χ3n) is 2.74. The van der Waals surface area contributed by atoms with Crippen LogP contribution in [0.15, 0.2) is 24.3 Å². The van der Waals surface area contributed by atoms with Gasteiger partial charge in [0.15, 0.2) is 0 Å². The highest BCUT2D eigenvalue weighted by Gasteiger charge is 2.17. The topological polar surface area (TPSA) is 3.24 Å². The van der Waals surface area contributed by atoms with Crippen molar-refractivity contribution in [2.24, 2.45) is 0 Å². The summed E-state index contributed by atoms with van der Waals surface area (Å²) in [6, 6.07) is 6.79. The Balaban J connectivity index is 1.96. The van der Waals surface area contributed by atoms with E-state index < -0.39 is 0 Å².